The molecule has 1 heterocycles. The van der Waals surface area contributed by atoms with Gasteiger partial charge in [-0.1, -0.05) is 176 Å². The normalized spacial score (nSPS) is 13.1. The van der Waals surface area contributed by atoms with E-state index in [4.69, 9.17) is 4.42 Å². The summed E-state index contributed by atoms with van der Waals surface area (Å²) in [6, 6.07) is 73.0. The first-order valence-electron chi connectivity index (χ1n) is 23.3. The Kier molecular flexibility index (Phi) is 9.16. The van der Waals surface area contributed by atoms with Crippen LogP contribution in [0.25, 0.3) is 100 Å². The van der Waals surface area contributed by atoms with Gasteiger partial charge in [0, 0.05) is 33.9 Å². The summed E-state index contributed by atoms with van der Waals surface area (Å²) in [5, 5.41) is 7.27. The van der Waals surface area contributed by atoms with Crippen molar-refractivity contribution >= 4 is 72.7 Å². The maximum atomic E-state index is 6.51. The lowest BCUT2D eigenvalue weighted by Gasteiger charge is -2.29. The van der Waals surface area contributed by atoms with Crippen LogP contribution in [-0.4, -0.2) is 0 Å². The van der Waals surface area contributed by atoms with Crippen molar-refractivity contribution in [2.24, 2.45) is 0 Å². The molecule has 0 saturated carbocycles. The zero-order chi connectivity index (χ0) is 43.6. The molecule has 10 aromatic carbocycles. The van der Waals surface area contributed by atoms with Crippen molar-refractivity contribution in [2.75, 3.05) is 4.90 Å². The lowest BCUT2D eigenvalue weighted by molar-refractivity contribution is 0.669. The number of hydrogen-bond donors (Lipinski definition) is 0. The molecule has 0 radical (unpaired) electrons. The van der Waals surface area contributed by atoms with Crippen molar-refractivity contribution in [2.45, 2.75) is 25.7 Å². The van der Waals surface area contributed by atoms with Crippen LogP contribution in [0.3, 0.4) is 0 Å². The predicted octanol–water partition coefficient (Wildman–Crippen LogP) is 17.9. The predicted molar refractivity (Wildman–Crippen MR) is 280 cm³/mol. The van der Waals surface area contributed by atoms with Gasteiger partial charge < -0.3 is 9.32 Å². The van der Waals surface area contributed by atoms with Crippen LogP contribution >= 0.6 is 0 Å². The van der Waals surface area contributed by atoms with E-state index >= 15 is 0 Å². The largest absolute Gasteiger partial charge is 0.456 e. The van der Waals surface area contributed by atoms with Gasteiger partial charge in [-0.15, -0.1) is 0 Å². The fourth-order valence-corrected chi connectivity index (χ4v) is 11.1. The minimum Gasteiger partial charge on any atom is -0.456 e. The number of benzene rings is 10. The van der Waals surface area contributed by atoms with E-state index in [0.717, 1.165) is 64.7 Å². The molecule has 0 saturated heterocycles. The van der Waals surface area contributed by atoms with Gasteiger partial charge in [-0.25, -0.2) is 0 Å². The molecular formula is C64H45NO. The maximum absolute atomic E-state index is 6.51. The molecule has 13 rings (SSSR count). The molecule has 0 amide bonds. The molecule has 0 atom stereocenters. The molecule has 1 aromatic heterocycles. The molecule has 2 heteroatoms. The van der Waals surface area contributed by atoms with Gasteiger partial charge in [-0.05, 0) is 156 Å². The Balaban J connectivity index is 0.991. The maximum Gasteiger partial charge on any atom is 0.137 e. The lowest BCUT2D eigenvalue weighted by Crippen LogP contribution is -2.11. The molecule has 0 bridgehead atoms. The third kappa shape index (κ3) is 6.25. The van der Waals surface area contributed by atoms with E-state index in [2.05, 4.69) is 223 Å². The first kappa shape index (κ1) is 38.3. The molecule has 2 nitrogen and oxygen atoms in total. The molecule has 11 aromatic rings. The minimum atomic E-state index is 0.870. The third-order valence-corrected chi connectivity index (χ3v) is 14.0. The van der Waals surface area contributed by atoms with Gasteiger partial charge >= 0.3 is 0 Å². The first-order valence-corrected chi connectivity index (χ1v) is 23.3. The molecule has 2 aliphatic rings. The van der Waals surface area contributed by atoms with Crippen LogP contribution in [0.4, 0.5) is 17.1 Å². The van der Waals surface area contributed by atoms with Crippen LogP contribution in [-0.2, 0) is 12.8 Å². The van der Waals surface area contributed by atoms with Crippen LogP contribution in [0.1, 0.15) is 35.1 Å². The average Bonchev–Trinajstić information content (AvgIpc) is 3.77. The van der Waals surface area contributed by atoms with E-state index in [0.29, 0.717) is 0 Å². The molecule has 0 unspecified atom stereocenters. The number of furan rings is 1. The SMILES string of the molecule is C1=Cc2c(c3c(c(-c4ccc(N(c5ccc(-c6c(-c7ccccc7)c7ccccc7c7ccccc67)cc5)c5ccc6c(c5)oc5ccccc56)cc4)c2-c2ccccc2)C=CCC3)CC1. The van der Waals surface area contributed by atoms with Gasteiger partial charge in [0.15, 0.2) is 0 Å². The summed E-state index contributed by atoms with van der Waals surface area (Å²) in [4.78, 5) is 2.37. The summed E-state index contributed by atoms with van der Waals surface area (Å²) in [7, 11) is 0. The summed E-state index contributed by atoms with van der Waals surface area (Å²) < 4.78 is 6.51. The molecule has 66 heavy (non-hydrogen) atoms. The Morgan fingerprint density at radius 2 is 0.727 bits per heavy atom. The summed E-state index contributed by atoms with van der Waals surface area (Å²) >= 11 is 0. The molecular weight excluding hydrogens is 799 g/mol. The Morgan fingerprint density at radius 3 is 1.27 bits per heavy atom. The minimum absolute atomic E-state index is 0.870. The molecule has 0 N–H and O–H groups in total. The topological polar surface area (TPSA) is 16.4 Å². The number of hydrogen-bond acceptors (Lipinski definition) is 2. The lowest BCUT2D eigenvalue weighted by atomic mass is 9.76. The van der Waals surface area contributed by atoms with Crippen LogP contribution in [0.15, 0.2) is 217 Å². The van der Waals surface area contributed by atoms with Gasteiger partial charge in [0.1, 0.15) is 11.2 Å². The van der Waals surface area contributed by atoms with Crippen LogP contribution < -0.4 is 4.90 Å². The Morgan fingerprint density at radius 1 is 0.318 bits per heavy atom. The van der Waals surface area contributed by atoms with Crippen LogP contribution in [0.5, 0.6) is 0 Å². The number of para-hydroxylation sites is 1. The standard InChI is InChI=1S/C64H45NO/c1-3-17-42(18-4-1)61-55-26-11-7-21-49(55)51-23-9-13-28-57(51)63(61)44-31-35-46(36-32-44)65(48-39-40-54-53-25-15-16-30-59(53)66-60(54)41-48)47-37-33-45(34-38-47)64-58-29-14-10-24-52(58)50-22-8-12-27-56(50)62(64)43-19-5-2-6-20-43/h1-7,9,11-21,23,25-41H,8,10,22,24H2. The summed E-state index contributed by atoms with van der Waals surface area (Å²) in [6.07, 6.45) is 13.9. The number of fused-ring (bicyclic) bond motifs is 9. The number of rotatable bonds is 7. The number of allylic oxidation sites excluding steroid dienone is 2. The Labute approximate surface area is 385 Å². The summed E-state index contributed by atoms with van der Waals surface area (Å²) in [5.41, 5.74) is 20.8. The fourth-order valence-electron chi connectivity index (χ4n) is 11.1. The van der Waals surface area contributed by atoms with Crippen molar-refractivity contribution in [1.29, 1.82) is 0 Å². The quantitative estimate of drug-likeness (QED) is 0.149. The van der Waals surface area contributed by atoms with Crippen molar-refractivity contribution < 1.29 is 4.42 Å². The number of nitrogens with zero attached hydrogens (tertiary/aromatic N) is 1. The van der Waals surface area contributed by atoms with Crippen molar-refractivity contribution in [3.8, 4) is 44.5 Å². The highest BCUT2D eigenvalue weighted by molar-refractivity contribution is 6.21. The molecule has 0 fully saturated rings. The van der Waals surface area contributed by atoms with Crippen molar-refractivity contribution in [3.63, 3.8) is 0 Å². The van der Waals surface area contributed by atoms with E-state index in [9.17, 15) is 0 Å². The van der Waals surface area contributed by atoms with Gasteiger partial charge in [0.25, 0.3) is 0 Å². The van der Waals surface area contributed by atoms with Gasteiger partial charge in [0.05, 0.1) is 0 Å². The van der Waals surface area contributed by atoms with E-state index in [1.54, 1.807) is 0 Å². The highest BCUT2D eigenvalue weighted by Crippen LogP contribution is 2.49. The summed E-state index contributed by atoms with van der Waals surface area (Å²) in [5.74, 6) is 0. The zero-order valence-electron chi connectivity index (χ0n) is 36.5. The monoisotopic (exact) mass is 843 g/mol. The van der Waals surface area contributed by atoms with Crippen molar-refractivity contribution in [1.82, 2.24) is 0 Å². The third-order valence-electron chi connectivity index (χ3n) is 14.0. The molecule has 0 aliphatic heterocycles. The van der Waals surface area contributed by atoms with Gasteiger partial charge in [-0.2, -0.15) is 0 Å². The van der Waals surface area contributed by atoms with E-state index in [-0.39, 0.29) is 0 Å². The highest BCUT2D eigenvalue weighted by Gasteiger charge is 2.26. The zero-order valence-corrected chi connectivity index (χ0v) is 36.5. The molecule has 0 spiro atoms. The van der Waals surface area contributed by atoms with Crippen LogP contribution in [0.2, 0.25) is 0 Å². The highest BCUT2D eigenvalue weighted by atomic mass is 16.3. The van der Waals surface area contributed by atoms with Gasteiger partial charge in [-0.3, -0.25) is 0 Å². The second-order valence-electron chi connectivity index (χ2n) is 17.7. The second kappa shape index (κ2) is 15.8. The number of anilines is 3. The Hall–Kier alpha value is -8.20. The van der Waals surface area contributed by atoms with E-state index < -0.39 is 0 Å². The Bertz CT molecular complexity index is 3720. The second-order valence-corrected chi connectivity index (χ2v) is 17.7. The van der Waals surface area contributed by atoms with Crippen molar-refractivity contribution in [3.05, 3.63) is 235 Å². The van der Waals surface area contributed by atoms with E-state index in [1.165, 1.54) is 88.3 Å². The summed E-state index contributed by atoms with van der Waals surface area (Å²) in [6.45, 7) is 0. The van der Waals surface area contributed by atoms with E-state index in [1.807, 2.05) is 6.07 Å². The van der Waals surface area contributed by atoms with Crippen LogP contribution in [0, 0.1) is 0 Å². The molecule has 312 valence electrons. The molecule has 2 aliphatic carbocycles. The first-order chi connectivity index (χ1) is 32.8. The fraction of sp³-hybridized carbons (Fsp3) is 0.0625. The average molecular weight is 844 g/mol. The van der Waals surface area contributed by atoms with Gasteiger partial charge in [0.2, 0.25) is 0 Å². The smallest absolute Gasteiger partial charge is 0.137 e.